The van der Waals surface area contributed by atoms with E-state index in [9.17, 15) is 4.79 Å². The lowest BCUT2D eigenvalue weighted by atomic mass is 9.93. The van der Waals surface area contributed by atoms with Crippen molar-refractivity contribution in [1.82, 2.24) is 4.90 Å². The summed E-state index contributed by atoms with van der Waals surface area (Å²) in [6.45, 7) is 0.413. The first-order chi connectivity index (χ1) is 8.63. The molecule has 0 saturated heterocycles. The first-order valence-corrected chi connectivity index (χ1v) is 6.62. The van der Waals surface area contributed by atoms with E-state index in [0.717, 1.165) is 6.42 Å². The third kappa shape index (κ3) is 2.91. The summed E-state index contributed by atoms with van der Waals surface area (Å²) in [5, 5.41) is 0. The Labute approximate surface area is 109 Å². The fourth-order valence-electron chi connectivity index (χ4n) is 2.41. The van der Waals surface area contributed by atoms with E-state index in [1.165, 1.54) is 24.0 Å². The lowest BCUT2D eigenvalue weighted by molar-refractivity contribution is -0.132. The molecular weight excluding hydrogens is 224 g/mol. The van der Waals surface area contributed by atoms with Gasteiger partial charge in [-0.25, -0.2) is 0 Å². The van der Waals surface area contributed by atoms with Crippen LogP contribution in [0.5, 0.6) is 0 Å². The zero-order valence-electron chi connectivity index (χ0n) is 11.2. The van der Waals surface area contributed by atoms with Crippen molar-refractivity contribution in [2.45, 2.75) is 25.2 Å². The average molecular weight is 246 g/mol. The van der Waals surface area contributed by atoms with Crippen LogP contribution in [0.1, 0.15) is 29.9 Å². The molecule has 0 spiro atoms. The fraction of sp³-hybridized carbons (Fsp3) is 0.533. The Hall–Kier alpha value is -1.35. The van der Waals surface area contributed by atoms with Gasteiger partial charge in [-0.15, -0.1) is 0 Å². The van der Waals surface area contributed by atoms with Crippen molar-refractivity contribution in [1.29, 1.82) is 0 Å². The highest BCUT2D eigenvalue weighted by atomic mass is 16.2. The van der Waals surface area contributed by atoms with E-state index in [-0.39, 0.29) is 11.8 Å². The SMILES string of the molecule is CN(C)C(=O)C(CN)Cc1ccccc1C1CC1. The first kappa shape index (κ1) is 13.1. The molecule has 1 aliphatic rings. The van der Waals surface area contributed by atoms with Gasteiger partial charge in [0.05, 0.1) is 5.92 Å². The fourth-order valence-corrected chi connectivity index (χ4v) is 2.41. The Balaban J connectivity index is 2.14. The maximum Gasteiger partial charge on any atom is 0.226 e. The molecule has 1 atom stereocenters. The normalized spacial score (nSPS) is 16.4. The molecule has 18 heavy (non-hydrogen) atoms. The molecule has 3 heteroatoms. The molecule has 0 radical (unpaired) electrons. The van der Waals surface area contributed by atoms with Gasteiger partial charge in [-0.3, -0.25) is 4.79 Å². The lowest BCUT2D eigenvalue weighted by Crippen LogP contribution is -2.35. The third-order valence-corrected chi connectivity index (χ3v) is 3.61. The molecule has 1 aromatic carbocycles. The van der Waals surface area contributed by atoms with Crippen molar-refractivity contribution in [2.75, 3.05) is 20.6 Å². The van der Waals surface area contributed by atoms with Gasteiger partial charge in [0.2, 0.25) is 5.91 Å². The van der Waals surface area contributed by atoms with E-state index >= 15 is 0 Å². The second kappa shape index (κ2) is 5.53. The van der Waals surface area contributed by atoms with E-state index < -0.39 is 0 Å². The van der Waals surface area contributed by atoms with Crippen LogP contribution in [0.15, 0.2) is 24.3 Å². The molecule has 1 saturated carbocycles. The first-order valence-electron chi connectivity index (χ1n) is 6.62. The Morgan fingerprint density at radius 3 is 2.61 bits per heavy atom. The largest absolute Gasteiger partial charge is 0.349 e. The number of benzene rings is 1. The number of carbonyl (C=O) groups excluding carboxylic acids is 1. The number of nitrogens with zero attached hydrogens (tertiary/aromatic N) is 1. The average Bonchev–Trinajstić information content (AvgIpc) is 3.19. The second-order valence-electron chi connectivity index (χ2n) is 5.34. The van der Waals surface area contributed by atoms with Gasteiger partial charge in [-0.05, 0) is 36.3 Å². The Kier molecular flexibility index (Phi) is 4.02. The van der Waals surface area contributed by atoms with Gasteiger partial charge in [0.15, 0.2) is 0 Å². The van der Waals surface area contributed by atoms with Crippen LogP contribution in [0.3, 0.4) is 0 Å². The van der Waals surface area contributed by atoms with E-state index in [0.29, 0.717) is 12.5 Å². The van der Waals surface area contributed by atoms with Crippen molar-refractivity contribution in [3.05, 3.63) is 35.4 Å². The molecule has 0 aromatic heterocycles. The summed E-state index contributed by atoms with van der Waals surface area (Å²) in [6, 6.07) is 8.47. The Bertz CT molecular complexity index is 424. The summed E-state index contributed by atoms with van der Waals surface area (Å²) in [7, 11) is 3.58. The van der Waals surface area contributed by atoms with Crippen molar-refractivity contribution in [3.8, 4) is 0 Å². The van der Waals surface area contributed by atoms with Gasteiger partial charge >= 0.3 is 0 Å². The number of nitrogens with two attached hydrogens (primary N) is 1. The number of carbonyl (C=O) groups is 1. The summed E-state index contributed by atoms with van der Waals surface area (Å²) >= 11 is 0. The molecule has 1 aliphatic carbocycles. The van der Waals surface area contributed by atoms with E-state index in [1.54, 1.807) is 19.0 Å². The van der Waals surface area contributed by atoms with Crippen LogP contribution in [0.2, 0.25) is 0 Å². The Morgan fingerprint density at radius 1 is 1.39 bits per heavy atom. The monoisotopic (exact) mass is 246 g/mol. The molecule has 98 valence electrons. The molecular formula is C15H22N2O. The van der Waals surface area contributed by atoms with Gasteiger partial charge in [-0.1, -0.05) is 24.3 Å². The molecule has 2 rings (SSSR count). The Morgan fingerprint density at radius 2 is 2.06 bits per heavy atom. The molecule has 1 fully saturated rings. The molecule has 0 aliphatic heterocycles. The lowest BCUT2D eigenvalue weighted by Gasteiger charge is -2.20. The smallest absolute Gasteiger partial charge is 0.226 e. The van der Waals surface area contributed by atoms with Crippen LogP contribution in [0.4, 0.5) is 0 Å². The summed E-state index contributed by atoms with van der Waals surface area (Å²) in [6.07, 6.45) is 3.33. The minimum atomic E-state index is -0.0973. The summed E-state index contributed by atoms with van der Waals surface area (Å²) < 4.78 is 0. The quantitative estimate of drug-likeness (QED) is 0.860. The third-order valence-electron chi connectivity index (χ3n) is 3.61. The summed E-state index contributed by atoms with van der Waals surface area (Å²) in [5.74, 6) is 0.747. The second-order valence-corrected chi connectivity index (χ2v) is 5.34. The van der Waals surface area contributed by atoms with Crippen molar-refractivity contribution in [3.63, 3.8) is 0 Å². The van der Waals surface area contributed by atoms with E-state index in [2.05, 4.69) is 24.3 Å². The van der Waals surface area contributed by atoms with Crippen LogP contribution in [0, 0.1) is 5.92 Å². The highest BCUT2D eigenvalue weighted by molar-refractivity contribution is 5.78. The molecule has 1 aromatic rings. The number of hydrogen-bond donors (Lipinski definition) is 1. The van der Waals surface area contributed by atoms with Crippen LogP contribution in [-0.2, 0) is 11.2 Å². The van der Waals surface area contributed by atoms with Gasteiger partial charge < -0.3 is 10.6 Å². The van der Waals surface area contributed by atoms with Gasteiger partial charge in [0.1, 0.15) is 0 Å². The molecule has 2 N–H and O–H groups in total. The van der Waals surface area contributed by atoms with Crippen LogP contribution in [0.25, 0.3) is 0 Å². The number of hydrogen-bond acceptors (Lipinski definition) is 2. The van der Waals surface area contributed by atoms with Crippen molar-refractivity contribution in [2.24, 2.45) is 11.7 Å². The summed E-state index contributed by atoms with van der Waals surface area (Å²) in [5.41, 5.74) is 8.47. The highest BCUT2D eigenvalue weighted by Crippen LogP contribution is 2.42. The van der Waals surface area contributed by atoms with Crippen LogP contribution < -0.4 is 5.73 Å². The predicted octanol–water partition coefficient (Wildman–Crippen LogP) is 1.77. The maximum absolute atomic E-state index is 12.0. The highest BCUT2D eigenvalue weighted by Gasteiger charge is 2.27. The zero-order valence-corrected chi connectivity index (χ0v) is 11.2. The standard InChI is InChI=1S/C15H22N2O/c1-17(2)15(18)13(10-16)9-12-5-3-4-6-14(12)11-7-8-11/h3-6,11,13H,7-10,16H2,1-2H3. The van der Waals surface area contributed by atoms with Crippen molar-refractivity contribution < 1.29 is 4.79 Å². The minimum Gasteiger partial charge on any atom is -0.349 e. The van der Waals surface area contributed by atoms with Gasteiger partial charge in [0, 0.05) is 20.6 Å². The topological polar surface area (TPSA) is 46.3 Å². The molecule has 0 bridgehead atoms. The number of amides is 1. The summed E-state index contributed by atoms with van der Waals surface area (Å²) in [4.78, 5) is 13.7. The maximum atomic E-state index is 12.0. The molecule has 0 heterocycles. The van der Waals surface area contributed by atoms with E-state index in [4.69, 9.17) is 5.73 Å². The van der Waals surface area contributed by atoms with Gasteiger partial charge in [0.25, 0.3) is 0 Å². The molecule has 3 nitrogen and oxygen atoms in total. The van der Waals surface area contributed by atoms with Gasteiger partial charge in [-0.2, -0.15) is 0 Å². The molecule has 1 unspecified atom stereocenters. The van der Waals surface area contributed by atoms with Crippen molar-refractivity contribution >= 4 is 5.91 Å². The van der Waals surface area contributed by atoms with E-state index in [1.807, 2.05) is 0 Å². The minimum absolute atomic E-state index is 0.0973. The van der Waals surface area contributed by atoms with Crippen LogP contribution >= 0.6 is 0 Å². The molecule has 1 amide bonds. The predicted molar refractivity (Wildman–Crippen MR) is 73.4 cm³/mol. The zero-order chi connectivity index (χ0) is 13.1. The van der Waals surface area contributed by atoms with Crippen LogP contribution in [-0.4, -0.2) is 31.4 Å². The number of rotatable bonds is 5.